The van der Waals surface area contributed by atoms with Crippen molar-refractivity contribution in [3.63, 3.8) is 0 Å². The first kappa shape index (κ1) is 10.9. The van der Waals surface area contributed by atoms with Crippen LogP contribution in [0.3, 0.4) is 0 Å². The maximum absolute atomic E-state index is 12.9. The average molecular weight is 400 g/mol. The second-order valence-corrected chi connectivity index (χ2v) is 8.44. The number of carbonyl (C=O) groups excluding carboxylic acids is 1. The van der Waals surface area contributed by atoms with E-state index in [0.29, 0.717) is 0 Å². The summed E-state index contributed by atoms with van der Waals surface area (Å²) < 4.78 is 110. The molecule has 0 unspecified atom stereocenters. The van der Waals surface area contributed by atoms with Gasteiger partial charge in [-0.25, -0.2) is 14.8 Å². The van der Waals surface area contributed by atoms with E-state index < -0.39 is 79.8 Å². The normalized spacial score (nSPS) is 36.5. The molecule has 1 aromatic rings. The van der Waals surface area contributed by atoms with Crippen molar-refractivity contribution in [2.45, 2.75) is 83.9 Å². The monoisotopic (exact) mass is 400 g/mol. The molecule has 28 heavy (non-hydrogen) atoms. The minimum atomic E-state index is -3.74. The van der Waals surface area contributed by atoms with Crippen LogP contribution in [0.5, 0.6) is 0 Å². The maximum Gasteiger partial charge on any atom is 0.498 e. The molecule has 1 amide bonds. The number of hydrogen-bond donors (Lipinski definition) is 0. The fourth-order valence-corrected chi connectivity index (χ4v) is 2.25. The van der Waals surface area contributed by atoms with Crippen LogP contribution in [0.4, 0.5) is 4.79 Å². The van der Waals surface area contributed by atoms with E-state index in [0.717, 1.165) is 0 Å². The van der Waals surface area contributed by atoms with Crippen molar-refractivity contribution in [1.29, 1.82) is 0 Å². The summed E-state index contributed by atoms with van der Waals surface area (Å²) in [4.78, 5) is 20.1. The van der Waals surface area contributed by atoms with Gasteiger partial charge in [-0.1, -0.05) is 0 Å². The number of rotatable bonds is 2. The Morgan fingerprint density at radius 1 is 1.25 bits per heavy atom. The molecule has 8 heteroatoms. The first-order valence-electron chi connectivity index (χ1n) is 14.3. The van der Waals surface area contributed by atoms with Gasteiger partial charge < -0.3 is 18.9 Å². The Labute approximate surface area is 183 Å². The lowest BCUT2D eigenvalue weighted by atomic mass is 9.81. The molecule has 3 heterocycles. The van der Waals surface area contributed by atoms with Crippen molar-refractivity contribution in [1.82, 2.24) is 14.9 Å². The molecule has 0 spiro atoms. The Morgan fingerprint density at radius 2 is 1.75 bits per heavy atom. The Balaban J connectivity index is 2.22. The van der Waals surface area contributed by atoms with E-state index in [1.165, 1.54) is 20.8 Å². The molecule has 0 saturated carbocycles. The van der Waals surface area contributed by atoms with Crippen LogP contribution in [0, 0.1) is 0 Å². The molecular formula is C20H32BN3O4. The Kier molecular flexibility index (Phi) is 2.85. The number of aromatic nitrogens is 2. The van der Waals surface area contributed by atoms with Crippen molar-refractivity contribution in [2.24, 2.45) is 0 Å². The molecule has 0 atom stereocenters. The molecule has 154 valence electrons. The quantitative estimate of drug-likeness (QED) is 0.711. The summed E-state index contributed by atoms with van der Waals surface area (Å²) in [7, 11) is -1.30. The van der Waals surface area contributed by atoms with Crippen LogP contribution in [0.25, 0.3) is 0 Å². The molecule has 2 aliphatic heterocycles. The Morgan fingerprint density at radius 3 is 2.21 bits per heavy atom. The third-order valence-electron chi connectivity index (χ3n) is 4.44. The highest BCUT2D eigenvalue weighted by molar-refractivity contribution is 6.61. The number of hydrogen-bond acceptors (Lipinski definition) is 6. The average Bonchev–Trinajstić information content (AvgIpc) is 2.90. The number of piperidine rings is 1. The summed E-state index contributed by atoms with van der Waals surface area (Å²) in [6.45, 7) is 3.71. The van der Waals surface area contributed by atoms with Gasteiger partial charge in [0.15, 0.2) is 0 Å². The minimum Gasteiger partial charge on any atom is -0.444 e. The smallest absolute Gasteiger partial charge is 0.444 e. The van der Waals surface area contributed by atoms with E-state index in [-0.39, 0.29) is 10.4 Å². The zero-order chi connectivity index (χ0) is 30.6. The van der Waals surface area contributed by atoms with Crippen molar-refractivity contribution < 1.29 is 33.9 Å². The highest BCUT2D eigenvalue weighted by Gasteiger charge is 2.52. The van der Waals surface area contributed by atoms with Crippen molar-refractivity contribution in [3.05, 3.63) is 18.2 Å². The van der Waals surface area contributed by atoms with E-state index in [9.17, 15) is 4.79 Å². The van der Waals surface area contributed by atoms with Crippen molar-refractivity contribution in [3.8, 4) is 0 Å². The fourth-order valence-electron chi connectivity index (χ4n) is 2.25. The zero-order valence-corrected chi connectivity index (χ0v) is 17.1. The van der Waals surface area contributed by atoms with Gasteiger partial charge in [0.25, 0.3) is 0 Å². The van der Waals surface area contributed by atoms with Gasteiger partial charge >= 0.3 is 13.2 Å². The van der Waals surface area contributed by atoms with E-state index in [4.69, 9.17) is 29.1 Å². The van der Waals surface area contributed by atoms with Crippen molar-refractivity contribution >= 4 is 18.7 Å². The number of amides is 1. The number of likely N-dealkylation sites (tertiary alicyclic amines) is 1. The van der Waals surface area contributed by atoms with Gasteiger partial charge in [-0.05, 0) is 61.2 Å². The third-order valence-corrected chi connectivity index (χ3v) is 4.44. The van der Waals surface area contributed by atoms with Gasteiger partial charge in [-0.15, -0.1) is 0 Å². The molecule has 1 aromatic heterocycles. The molecule has 0 bridgehead atoms. The second-order valence-electron chi connectivity index (χ2n) is 8.44. The molecule has 2 fully saturated rings. The second kappa shape index (κ2) is 7.30. The van der Waals surface area contributed by atoms with E-state index in [1.807, 2.05) is 0 Å². The van der Waals surface area contributed by atoms with E-state index in [1.54, 1.807) is 27.7 Å². The summed E-state index contributed by atoms with van der Waals surface area (Å²) >= 11 is 0. The van der Waals surface area contributed by atoms with Crippen LogP contribution in [-0.2, 0) is 14.0 Å². The van der Waals surface area contributed by atoms with Crippen LogP contribution in [0.1, 0.15) is 88.0 Å². The van der Waals surface area contributed by atoms with Gasteiger partial charge in [0, 0.05) is 49.0 Å². The van der Waals surface area contributed by atoms with Crippen LogP contribution >= 0.6 is 0 Å². The maximum atomic E-state index is 12.9. The summed E-state index contributed by atoms with van der Waals surface area (Å²) in [6, 6.07) is 0. The van der Waals surface area contributed by atoms with Gasteiger partial charge in [-0.3, -0.25) is 0 Å². The first-order valence-corrected chi connectivity index (χ1v) is 8.85. The van der Waals surface area contributed by atoms with Crippen LogP contribution in [0.2, 0.25) is 0 Å². The molecule has 7 nitrogen and oxygen atoms in total. The van der Waals surface area contributed by atoms with Crippen LogP contribution < -0.4 is 5.46 Å². The molecule has 0 aliphatic carbocycles. The molecule has 2 aliphatic rings. The lowest BCUT2D eigenvalue weighted by molar-refractivity contribution is 0.00578. The molecule has 2 saturated heterocycles. The van der Waals surface area contributed by atoms with Gasteiger partial charge in [0.2, 0.25) is 0 Å². The predicted octanol–water partition coefficient (Wildman–Crippen LogP) is 2.89. The van der Waals surface area contributed by atoms with Crippen LogP contribution in [-0.4, -0.2) is 57.9 Å². The Hall–Kier alpha value is -1.67. The van der Waals surface area contributed by atoms with E-state index in [2.05, 4.69) is 9.97 Å². The van der Waals surface area contributed by atoms with Gasteiger partial charge in [-0.2, -0.15) is 0 Å². The number of carbonyl (C=O) groups is 1. The third kappa shape index (κ3) is 4.49. The summed E-state index contributed by atoms with van der Waals surface area (Å²) in [6.07, 6.45) is -10.7. The first-order chi connectivity index (χ1) is 17.1. The van der Waals surface area contributed by atoms with E-state index >= 15 is 0 Å². The molecule has 0 aromatic carbocycles. The van der Waals surface area contributed by atoms with Crippen molar-refractivity contribution in [2.75, 3.05) is 13.0 Å². The largest absolute Gasteiger partial charge is 0.498 e. The number of ether oxygens (including phenoxy) is 1. The Bertz CT molecular complexity index is 1120. The predicted molar refractivity (Wildman–Crippen MR) is 108 cm³/mol. The minimum absolute atomic E-state index is 0.292. The molecule has 3 rings (SSSR count). The fraction of sp³-hybridized carbons (Fsp3) is 0.750. The lowest BCUT2D eigenvalue weighted by Gasteiger charge is -2.32. The SMILES string of the molecule is [2H]c1nc(C2([2H])C([2H])([2H])C([2H])([2H])N(C(=O)OC(C)(C)C)C([2H])([2H])C2([2H])[2H])nc([2H])c1B1OC(C)(C)C(C)(C)O1. The van der Waals surface area contributed by atoms with Crippen LogP contribution in [0.15, 0.2) is 12.3 Å². The molecular weight excluding hydrogens is 357 g/mol. The summed E-state index contributed by atoms with van der Waals surface area (Å²) in [5.74, 6) is -4.77. The standard InChI is InChI=1S/C20H32BN3O4/c1-18(2,3)26-17(25)24-10-8-14(9-11-24)16-22-12-15(13-23-16)21-27-19(4,5)20(6,7)28-21/h12-14H,8-11H2,1-7H3/i8D2,9D2,10D2,11D2,12D,13D,14D. The summed E-state index contributed by atoms with van der Waals surface area (Å²) in [5.41, 5.74) is -3.31. The van der Waals surface area contributed by atoms with Gasteiger partial charge in [0.05, 0.1) is 13.9 Å². The highest BCUT2D eigenvalue weighted by Crippen LogP contribution is 2.36. The summed E-state index contributed by atoms with van der Waals surface area (Å²) in [5, 5.41) is 0. The lowest BCUT2D eigenvalue weighted by Crippen LogP contribution is -2.41. The highest BCUT2D eigenvalue weighted by atomic mass is 16.7. The zero-order valence-electron chi connectivity index (χ0n) is 28.1. The number of nitrogens with zero attached hydrogens (tertiary/aromatic N) is 3. The topological polar surface area (TPSA) is 73.8 Å². The molecule has 0 N–H and O–H groups in total. The molecule has 0 radical (unpaired) electrons. The van der Waals surface area contributed by atoms with Gasteiger partial charge in [0.1, 0.15) is 11.4 Å².